The maximum atomic E-state index is 14.1. The van der Waals surface area contributed by atoms with Crippen LogP contribution in [0.15, 0.2) is 48.5 Å². The molecule has 0 aliphatic heterocycles. The fourth-order valence-corrected chi connectivity index (χ4v) is 3.13. The molecule has 28 heavy (non-hydrogen) atoms. The van der Waals surface area contributed by atoms with Gasteiger partial charge in [0.1, 0.15) is 12.4 Å². The largest absolute Gasteiger partial charge is 0.416 e. The Bertz CT molecular complexity index is 1020. The van der Waals surface area contributed by atoms with Gasteiger partial charge in [0.2, 0.25) is 4.77 Å². The molecule has 148 valence electrons. The zero-order valence-electron chi connectivity index (χ0n) is 15.3. The second-order valence-corrected chi connectivity index (χ2v) is 7.00. The molecule has 0 aliphatic rings. The minimum atomic E-state index is -4.35. The molecule has 0 radical (unpaired) electrons. The first-order valence-electron chi connectivity index (χ1n) is 8.53. The van der Waals surface area contributed by atoms with Crippen molar-refractivity contribution in [3.8, 4) is 11.4 Å². The summed E-state index contributed by atoms with van der Waals surface area (Å²) in [5.74, 6) is 0.0358. The molecule has 0 spiro atoms. The van der Waals surface area contributed by atoms with Crippen molar-refractivity contribution in [1.82, 2.24) is 14.3 Å². The highest BCUT2D eigenvalue weighted by Crippen LogP contribution is 2.29. The molecule has 0 amide bonds. The van der Waals surface area contributed by atoms with Crippen LogP contribution in [0.25, 0.3) is 11.4 Å². The number of rotatable bonds is 5. The van der Waals surface area contributed by atoms with E-state index < -0.39 is 11.7 Å². The SMILES string of the molecule is Cn1c(-c2ccccc2F)nn(C[NH+](C)Cc2ccc(C(F)(F)F)cc2)c1=S. The molecule has 9 heteroatoms. The van der Waals surface area contributed by atoms with Crippen LogP contribution in [0, 0.1) is 10.6 Å². The smallest absolute Gasteiger partial charge is 0.315 e. The van der Waals surface area contributed by atoms with E-state index in [0.29, 0.717) is 29.4 Å². The Morgan fingerprint density at radius 2 is 1.71 bits per heavy atom. The van der Waals surface area contributed by atoms with Gasteiger partial charge in [-0.15, -0.1) is 5.10 Å². The Hall–Kier alpha value is -2.52. The van der Waals surface area contributed by atoms with Gasteiger partial charge in [-0.25, -0.2) is 4.39 Å². The van der Waals surface area contributed by atoms with E-state index in [1.165, 1.54) is 18.2 Å². The fraction of sp³-hybridized carbons (Fsp3) is 0.263. The lowest BCUT2D eigenvalue weighted by Gasteiger charge is -2.14. The first-order chi connectivity index (χ1) is 13.2. The van der Waals surface area contributed by atoms with Crippen LogP contribution in [-0.4, -0.2) is 21.4 Å². The van der Waals surface area contributed by atoms with Crippen LogP contribution in [0.4, 0.5) is 17.6 Å². The highest BCUT2D eigenvalue weighted by molar-refractivity contribution is 7.71. The lowest BCUT2D eigenvalue weighted by molar-refractivity contribution is -0.917. The quantitative estimate of drug-likeness (QED) is 0.514. The molecular formula is C19H19F4N4S+. The van der Waals surface area contributed by atoms with E-state index in [9.17, 15) is 17.6 Å². The van der Waals surface area contributed by atoms with Gasteiger partial charge in [0, 0.05) is 12.6 Å². The molecule has 1 heterocycles. The monoisotopic (exact) mass is 411 g/mol. The normalized spacial score (nSPS) is 12.9. The summed E-state index contributed by atoms with van der Waals surface area (Å²) in [6.07, 6.45) is -4.35. The summed E-state index contributed by atoms with van der Waals surface area (Å²) in [5, 5.41) is 4.43. The average Bonchev–Trinajstić information content (AvgIpc) is 2.90. The van der Waals surface area contributed by atoms with Gasteiger partial charge >= 0.3 is 6.18 Å². The predicted octanol–water partition coefficient (Wildman–Crippen LogP) is 3.45. The van der Waals surface area contributed by atoms with Crippen LogP contribution in [0.5, 0.6) is 0 Å². The average molecular weight is 411 g/mol. The number of quaternary nitrogens is 1. The molecule has 2 aromatic carbocycles. The zero-order chi connectivity index (χ0) is 20.5. The van der Waals surface area contributed by atoms with Gasteiger partial charge in [-0.05, 0) is 36.5 Å². The van der Waals surface area contributed by atoms with Gasteiger partial charge in [0.15, 0.2) is 12.5 Å². The van der Waals surface area contributed by atoms with Crippen molar-refractivity contribution in [2.24, 2.45) is 7.05 Å². The summed E-state index contributed by atoms with van der Waals surface area (Å²) >= 11 is 5.40. The van der Waals surface area contributed by atoms with Gasteiger partial charge in [-0.1, -0.05) is 24.3 Å². The van der Waals surface area contributed by atoms with Crippen molar-refractivity contribution in [1.29, 1.82) is 0 Å². The van der Waals surface area contributed by atoms with Crippen LogP contribution in [0.3, 0.4) is 0 Å². The molecule has 1 atom stereocenters. The van der Waals surface area contributed by atoms with Crippen LogP contribution in [-0.2, 0) is 26.4 Å². The van der Waals surface area contributed by atoms with E-state index in [2.05, 4.69) is 5.10 Å². The van der Waals surface area contributed by atoms with Crippen LogP contribution < -0.4 is 4.90 Å². The first kappa shape index (κ1) is 20.2. The number of aromatic nitrogens is 3. The number of hydrogen-bond acceptors (Lipinski definition) is 2. The van der Waals surface area contributed by atoms with E-state index in [0.717, 1.165) is 22.6 Å². The van der Waals surface area contributed by atoms with E-state index in [1.807, 2.05) is 7.05 Å². The highest BCUT2D eigenvalue weighted by Gasteiger charge is 2.30. The number of benzene rings is 2. The molecule has 1 N–H and O–H groups in total. The molecule has 4 nitrogen and oxygen atoms in total. The second-order valence-electron chi connectivity index (χ2n) is 6.63. The molecular weight excluding hydrogens is 392 g/mol. The number of nitrogens with zero attached hydrogens (tertiary/aromatic N) is 3. The summed E-state index contributed by atoms with van der Waals surface area (Å²) in [4.78, 5) is 0.967. The minimum absolute atomic E-state index is 0.357. The predicted molar refractivity (Wildman–Crippen MR) is 99.5 cm³/mol. The second kappa shape index (κ2) is 7.84. The first-order valence-corrected chi connectivity index (χ1v) is 8.94. The Balaban J connectivity index is 1.76. The Morgan fingerprint density at radius 3 is 2.32 bits per heavy atom. The van der Waals surface area contributed by atoms with Gasteiger partial charge in [-0.2, -0.15) is 17.9 Å². The standard InChI is InChI=1S/C19H18F4N4S/c1-25(11-13-7-9-14(10-8-13)19(21,22)23)12-27-18(28)26(2)17(24-27)15-5-3-4-6-16(15)20/h3-10H,11-12H2,1-2H3/p+1. The zero-order valence-corrected chi connectivity index (χ0v) is 16.1. The summed E-state index contributed by atoms with van der Waals surface area (Å²) in [7, 11) is 3.61. The number of nitrogens with one attached hydrogen (secondary N) is 1. The lowest BCUT2D eigenvalue weighted by Crippen LogP contribution is -3.07. The van der Waals surface area contributed by atoms with Crippen molar-refractivity contribution < 1.29 is 22.5 Å². The van der Waals surface area contributed by atoms with Gasteiger partial charge in [0.25, 0.3) is 0 Å². The third-order valence-electron chi connectivity index (χ3n) is 4.36. The van der Waals surface area contributed by atoms with Gasteiger partial charge in [-0.3, -0.25) is 0 Å². The molecule has 3 aromatic rings. The van der Waals surface area contributed by atoms with Gasteiger partial charge < -0.3 is 9.47 Å². The maximum Gasteiger partial charge on any atom is 0.416 e. The van der Waals surface area contributed by atoms with Crippen LogP contribution >= 0.6 is 12.2 Å². The van der Waals surface area contributed by atoms with E-state index in [1.54, 1.807) is 34.5 Å². The molecule has 1 unspecified atom stereocenters. The Labute approximate surface area is 164 Å². The number of alkyl halides is 3. The molecule has 0 saturated carbocycles. The van der Waals surface area contributed by atoms with Crippen molar-refractivity contribution in [2.45, 2.75) is 19.4 Å². The summed E-state index contributed by atoms with van der Waals surface area (Å²) in [5.41, 5.74) is 0.452. The molecule has 0 saturated heterocycles. The van der Waals surface area contributed by atoms with Crippen molar-refractivity contribution in [3.63, 3.8) is 0 Å². The number of hydrogen-bond donors (Lipinski definition) is 1. The highest BCUT2D eigenvalue weighted by atomic mass is 32.1. The molecule has 0 bridgehead atoms. The third-order valence-corrected chi connectivity index (χ3v) is 4.85. The minimum Gasteiger partial charge on any atom is -0.315 e. The summed E-state index contributed by atoms with van der Waals surface area (Å²) in [6, 6.07) is 11.4. The summed E-state index contributed by atoms with van der Waals surface area (Å²) in [6.45, 7) is 0.883. The maximum absolute atomic E-state index is 14.1. The van der Waals surface area contributed by atoms with Crippen molar-refractivity contribution in [2.75, 3.05) is 7.05 Å². The van der Waals surface area contributed by atoms with Crippen LogP contribution in [0.2, 0.25) is 0 Å². The van der Waals surface area contributed by atoms with E-state index in [4.69, 9.17) is 12.2 Å². The molecule has 0 aliphatic carbocycles. The number of halogens is 4. The Morgan fingerprint density at radius 1 is 1.07 bits per heavy atom. The van der Waals surface area contributed by atoms with Crippen molar-refractivity contribution in [3.05, 3.63) is 70.2 Å². The Kier molecular flexibility index (Phi) is 5.66. The van der Waals surface area contributed by atoms with Crippen LogP contribution in [0.1, 0.15) is 11.1 Å². The van der Waals surface area contributed by atoms with E-state index >= 15 is 0 Å². The molecule has 0 fully saturated rings. The third kappa shape index (κ3) is 4.31. The lowest BCUT2D eigenvalue weighted by atomic mass is 10.1. The topological polar surface area (TPSA) is 27.2 Å². The molecule has 1 aromatic heterocycles. The van der Waals surface area contributed by atoms with E-state index in [-0.39, 0.29) is 5.82 Å². The summed E-state index contributed by atoms with van der Waals surface area (Å²) < 4.78 is 55.7. The fourth-order valence-electron chi connectivity index (χ4n) is 2.94. The molecule has 3 rings (SSSR count). The van der Waals surface area contributed by atoms with Crippen molar-refractivity contribution >= 4 is 12.2 Å². The van der Waals surface area contributed by atoms with Gasteiger partial charge in [0.05, 0.1) is 18.2 Å².